The van der Waals surface area contributed by atoms with E-state index in [1.165, 1.54) is 0 Å². The lowest BCUT2D eigenvalue weighted by Crippen LogP contribution is -2.12. The second kappa shape index (κ2) is 4.71. The van der Waals surface area contributed by atoms with Crippen LogP contribution >= 0.6 is 11.8 Å². The Balaban J connectivity index is 2.07. The van der Waals surface area contributed by atoms with Crippen molar-refractivity contribution < 1.29 is 9.53 Å². The van der Waals surface area contributed by atoms with Crippen LogP contribution in [-0.2, 0) is 4.79 Å². The van der Waals surface area contributed by atoms with Crippen molar-refractivity contribution in [3.05, 3.63) is 24.3 Å². The lowest BCUT2D eigenvalue weighted by Gasteiger charge is -2.14. The Morgan fingerprint density at radius 3 is 2.87 bits per heavy atom. The standard InChI is InChI=1S/C12H14O2S/c1-15-12-5-3-2-4-11(12)14-10-7-6-9(13)8-10/h2-5,10H,6-8H2,1H3. The maximum Gasteiger partial charge on any atom is 0.136 e. The number of Topliss-reactive ketones (excluding diaryl/α,β-unsaturated/α-hetero) is 1. The van der Waals surface area contributed by atoms with Gasteiger partial charge in [0.25, 0.3) is 0 Å². The van der Waals surface area contributed by atoms with Crippen LogP contribution < -0.4 is 4.74 Å². The fourth-order valence-electron chi connectivity index (χ4n) is 1.78. The van der Waals surface area contributed by atoms with Crippen molar-refractivity contribution in [2.75, 3.05) is 6.26 Å². The average Bonchev–Trinajstić information content (AvgIpc) is 2.65. The Morgan fingerprint density at radius 1 is 1.40 bits per heavy atom. The van der Waals surface area contributed by atoms with Crippen molar-refractivity contribution in [3.63, 3.8) is 0 Å². The fourth-order valence-corrected chi connectivity index (χ4v) is 2.31. The second-order valence-electron chi connectivity index (χ2n) is 3.67. The Hall–Kier alpha value is -0.960. The van der Waals surface area contributed by atoms with Crippen molar-refractivity contribution in [2.45, 2.75) is 30.3 Å². The minimum atomic E-state index is 0.0887. The molecule has 80 valence electrons. The minimum absolute atomic E-state index is 0.0887. The van der Waals surface area contributed by atoms with Crippen LogP contribution in [0.3, 0.4) is 0 Å². The summed E-state index contributed by atoms with van der Waals surface area (Å²) < 4.78 is 5.83. The first kappa shape index (κ1) is 10.6. The zero-order valence-corrected chi connectivity index (χ0v) is 9.55. The zero-order chi connectivity index (χ0) is 10.7. The molecule has 1 aliphatic rings. The Labute approximate surface area is 94.0 Å². The van der Waals surface area contributed by atoms with E-state index in [0.717, 1.165) is 17.1 Å². The topological polar surface area (TPSA) is 26.3 Å². The van der Waals surface area contributed by atoms with E-state index < -0.39 is 0 Å². The summed E-state index contributed by atoms with van der Waals surface area (Å²) >= 11 is 1.67. The van der Waals surface area contributed by atoms with Crippen molar-refractivity contribution in [3.8, 4) is 5.75 Å². The molecule has 1 atom stereocenters. The molecule has 0 spiro atoms. The van der Waals surface area contributed by atoms with Crippen LogP contribution in [0.4, 0.5) is 0 Å². The number of carbonyl (C=O) groups excluding carboxylic acids is 1. The molecule has 0 aromatic heterocycles. The quantitative estimate of drug-likeness (QED) is 0.736. The maximum absolute atomic E-state index is 11.1. The van der Waals surface area contributed by atoms with Gasteiger partial charge < -0.3 is 4.74 Å². The van der Waals surface area contributed by atoms with Crippen LogP contribution in [0.1, 0.15) is 19.3 Å². The Bertz CT molecular complexity index is 362. The van der Waals surface area contributed by atoms with Gasteiger partial charge >= 0.3 is 0 Å². The molecule has 1 aromatic carbocycles. The van der Waals surface area contributed by atoms with Crippen molar-refractivity contribution >= 4 is 17.5 Å². The number of thioether (sulfide) groups is 1. The molecule has 0 heterocycles. The lowest BCUT2D eigenvalue weighted by molar-refractivity contribution is -0.117. The molecule has 0 N–H and O–H groups in total. The SMILES string of the molecule is CSc1ccccc1OC1CCC(=O)C1. The molecule has 1 aliphatic carbocycles. The molecule has 1 unspecified atom stereocenters. The van der Waals surface area contributed by atoms with Crippen molar-refractivity contribution in [1.82, 2.24) is 0 Å². The van der Waals surface area contributed by atoms with E-state index in [2.05, 4.69) is 0 Å². The summed E-state index contributed by atoms with van der Waals surface area (Å²) in [5.41, 5.74) is 0. The van der Waals surface area contributed by atoms with Gasteiger partial charge in [0, 0.05) is 17.7 Å². The molecular weight excluding hydrogens is 208 g/mol. The van der Waals surface area contributed by atoms with Crippen molar-refractivity contribution in [2.24, 2.45) is 0 Å². The van der Waals surface area contributed by atoms with Gasteiger partial charge in [-0.2, -0.15) is 0 Å². The van der Waals surface area contributed by atoms with Crippen LogP contribution in [-0.4, -0.2) is 18.1 Å². The molecule has 15 heavy (non-hydrogen) atoms. The van der Waals surface area contributed by atoms with E-state index in [1.54, 1.807) is 11.8 Å². The number of ketones is 1. The summed E-state index contributed by atoms with van der Waals surface area (Å²) in [6, 6.07) is 7.97. The molecule has 1 saturated carbocycles. The van der Waals surface area contributed by atoms with Crippen molar-refractivity contribution in [1.29, 1.82) is 0 Å². The molecule has 3 heteroatoms. The summed E-state index contributed by atoms with van der Waals surface area (Å²) in [6.45, 7) is 0. The molecule has 1 aromatic rings. The summed E-state index contributed by atoms with van der Waals surface area (Å²) in [5.74, 6) is 1.23. The van der Waals surface area contributed by atoms with Gasteiger partial charge in [0.1, 0.15) is 17.6 Å². The summed E-state index contributed by atoms with van der Waals surface area (Å²) in [4.78, 5) is 12.2. The van der Waals surface area contributed by atoms with Crippen LogP contribution in [0.15, 0.2) is 29.2 Å². The first-order chi connectivity index (χ1) is 7.29. The predicted molar refractivity (Wildman–Crippen MR) is 61.5 cm³/mol. The van der Waals surface area contributed by atoms with Crippen LogP contribution in [0.25, 0.3) is 0 Å². The highest BCUT2D eigenvalue weighted by atomic mass is 32.2. The molecule has 0 saturated heterocycles. The van der Waals surface area contributed by atoms with Gasteiger partial charge in [-0.25, -0.2) is 0 Å². The van der Waals surface area contributed by atoms with E-state index in [9.17, 15) is 4.79 Å². The molecule has 2 rings (SSSR count). The van der Waals surface area contributed by atoms with Gasteiger partial charge in [0.2, 0.25) is 0 Å². The Morgan fingerprint density at radius 2 is 2.20 bits per heavy atom. The largest absolute Gasteiger partial charge is 0.489 e. The van der Waals surface area contributed by atoms with Gasteiger partial charge in [-0.05, 0) is 24.8 Å². The van der Waals surface area contributed by atoms with Gasteiger partial charge in [0.05, 0.1) is 0 Å². The van der Waals surface area contributed by atoms with Gasteiger partial charge in [-0.15, -0.1) is 11.8 Å². The molecule has 1 fully saturated rings. The molecule has 0 bridgehead atoms. The molecule has 0 aliphatic heterocycles. The molecule has 0 radical (unpaired) electrons. The Kier molecular flexibility index (Phi) is 3.31. The highest BCUT2D eigenvalue weighted by molar-refractivity contribution is 7.98. The maximum atomic E-state index is 11.1. The van der Waals surface area contributed by atoms with E-state index in [0.29, 0.717) is 18.6 Å². The molecule has 0 amide bonds. The summed E-state index contributed by atoms with van der Waals surface area (Å²) in [6.07, 6.45) is 4.23. The monoisotopic (exact) mass is 222 g/mol. The first-order valence-corrected chi connectivity index (χ1v) is 6.33. The highest BCUT2D eigenvalue weighted by Crippen LogP contribution is 2.30. The van der Waals surface area contributed by atoms with E-state index in [1.807, 2.05) is 30.5 Å². The number of hydrogen-bond donors (Lipinski definition) is 0. The minimum Gasteiger partial charge on any atom is -0.489 e. The number of rotatable bonds is 3. The van der Waals surface area contributed by atoms with Gasteiger partial charge in [0.15, 0.2) is 0 Å². The molecular formula is C12H14O2S. The third-order valence-corrected chi connectivity index (χ3v) is 3.34. The van der Waals surface area contributed by atoms with Gasteiger partial charge in [-0.3, -0.25) is 4.79 Å². The average molecular weight is 222 g/mol. The van der Waals surface area contributed by atoms with E-state index >= 15 is 0 Å². The lowest BCUT2D eigenvalue weighted by atomic mass is 10.3. The molecule has 2 nitrogen and oxygen atoms in total. The van der Waals surface area contributed by atoms with Crippen LogP contribution in [0, 0.1) is 0 Å². The number of hydrogen-bond acceptors (Lipinski definition) is 3. The summed E-state index contributed by atoms with van der Waals surface area (Å²) in [5, 5.41) is 0. The zero-order valence-electron chi connectivity index (χ0n) is 8.73. The third-order valence-electron chi connectivity index (χ3n) is 2.56. The van der Waals surface area contributed by atoms with Crippen LogP contribution in [0.2, 0.25) is 0 Å². The normalized spacial score (nSPS) is 20.6. The second-order valence-corrected chi connectivity index (χ2v) is 4.52. The number of ether oxygens (including phenoxy) is 1. The van der Waals surface area contributed by atoms with Crippen LogP contribution in [0.5, 0.6) is 5.75 Å². The number of benzene rings is 1. The van der Waals surface area contributed by atoms with E-state index in [4.69, 9.17) is 4.74 Å². The number of para-hydroxylation sites is 1. The number of carbonyl (C=O) groups is 1. The summed E-state index contributed by atoms with van der Waals surface area (Å²) in [7, 11) is 0. The highest BCUT2D eigenvalue weighted by Gasteiger charge is 2.24. The first-order valence-electron chi connectivity index (χ1n) is 5.11. The van der Waals surface area contributed by atoms with Gasteiger partial charge in [-0.1, -0.05) is 12.1 Å². The third kappa shape index (κ3) is 2.53. The predicted octanol–water partition coefficient (Wildman–Crippen LogP) is 2.91. The van der Waals surface area contributed by atoms with E-state index in [-0.39, 0.29) is 6.10 Å². The fraction of sp³-hybridized carbons (Fsp3) is 0.417. The smallest absolute Gasteiger partial charge is 0.136 e.